The number of nitrogens with zero attached hydrogens (tertiary/aromatic N) is 5. The van der Waals surface area contributed by atoms with Gasteiger partial charge in [0.05, 0.1) is 12.9 Å². The molecule has 2 fully saturated rings. The van der Waals surface area contributed by atoms with Crippen LogP contribution in [-0.4, -0.2) is 46.6 Å². The minimum atomic E-state index is -0.251. The minimum Gasteiger partial charge on any atom is -0.354 e. The molecule has 1 saturated heterocycles. The molecule has 0 radical (unpaired) electrons. The average molecular weight is 354 g/mol. The van der Waals surface area contributed by atoms with Crippen molar-refractivity contribution >= 4 is 23.1 Å². The van der Waals surface area contributed by atoms with Crippen LogP contribution in [0.3, 0.4) is 0 Å². The van der Waals surface area contributed by atoms with Crippen molar-refractivity contribution in [3.63, 3.8) is 0 Å². The van der Waals surface area contributed by atoms with Gasteiger partial charge in [0.2, 0.25) is 0 Å². The SMILES string of the molecule is N#Cc1c(N2CCNCC2)n(CC2CCC2)c2c(=O)n(CC=O)cnc12. The standard InChI is InChI=1S/C18H22N6O2/c19-10-14-15-16(18(26)23(8-9-25)12-21-15)24(11-13-2-1-3-13)17(14)22-6-4-20-5-7-22/h9,12-13,20H,1-8,11H2. The van der Waals surface area contributed by atoms with Gasteiger partial charge < -0.3 is 19.6 Å². The highest BCUT2D eigenvalue weighted by Crippen LogP contribution is 2.35. The summed E-state index contributed by atoms with van der Waals surface area (Å²) in [7, 11) is 0. The number of anilines is 1. The Morgan fingerprint density at radius 3 is 2.73 bits per heavy atom. The zero-order valence-electron chi connectivity index (χ0n) is 14.6. The van der Waals surface area contributed by atoms with Gasteiger partial charge in [-0.3, -0.25) is 9.36 Å². The van der Waals surface area contributed by atoms with E-state index in [0.717, 1.165) is 51.4 Å². The highest BCUT2D eigenvalue weighted by Gasteiger charge is 2.29. The van der Waals surface area contributed by atoms with E-state index >= 15 is 0 Å². The summed E-state index contributed by atoms with van der Waals surface area (Å²) >= 11 is 0. The van der Waals surface area contributed by atoms with E-state index in [2.05, 4.69) is 21.3 Å². The van der Waals surface area contributed by atoms with Crippen LogP contribution in [0.4, 0.5) is 5.82 Å². The molecule has 0 atom stereocenters. The van der Waals surface area contributed by atoms with Crippen LogP contribution in [0.25, 0.3) is 11.0 Å². The molecule has 1 saturated carbocycles. The molecule has 8 heteroatoms. The van der Waals surface area contributed by atoms with Crippen LogP contribution in [0.5, 0.6) is 0 Å². The van der Waals surface area contributed by atoms with E-state index < -0.39 is 0 Å². The lowest BCUT2D eigenvalue weighted by atomic mass is 9.85. The number of hydrogen-bond acceptors (Lipinski definition) is 6. The Morgan fingerprint density at radius 2 is 2.12 bits per heavy atom. The zero-order chi connectivity index (χ0) is 18.1. The predicted molar refractivity (Wildman–Crippen MR) is 97.2 cm³/mol. The molecule has 4 rings (SSSR count). The molecule has 8 nitrogen and oxygen atoms in total. The number of aldehydes is 1. The Labute approximate surface area is 151 Å². The monoisotopic (exact) mass is 354 g/mol. The van der Waals surface area contributed by atoms with Gasteiger partial charge in [-0.25, -0.2) is 4.98 Å². The lowest BCUT2D eigenvalue weighted by Gasteiger charge is -2.33. The van der Waals surface area contributed by atoms with E-state index in [1.807, 2.05) is 4.57 Å². The van der Waals surface area contributed by atoms with Crippen molar-refractivity contribution in [1.29, 1.82) is 5.26 Å². The van der Waals surface area contributed by atoms with Gasteiger partial charge in [-0.1, -0.05) is 6.42 Å². The molecule has 2 aromatic heterocycles. The van der Waals surface area contributed by atoms with Crippen LogP contribution in [-0.2, 0) is 17.9 Å². The van der Waals surface area contributed by atoms with Crippen LogP contribution < -0.4 is 15.8 Å². The van der Waals surface area contributed by atoms with Crippen molar-refractivity contribution in [2.75, 3.05) is 31.1 Å². The van der Waals surface area contributed by atoms with E-state index in [9.17, 15) is 14.9 Å². The van der Waals surface area contributed by atoms with Gasteiger partial charge in [-0.2, -0.15) is 5.26 Å². The molecule has 26 heavy (non-hydrogen) atoms. The topological polar surface area (TPSA) is 96.0 Å². The lowest BCUT2D eigenvalue weighted by molar-refractivity contribution is -0.108. The Hall–Kier alpha value is -2.66. The van der Waals surface area contributed by atoms with Crippen molar-refractivity contribution < 1.29 is 4.79 Å². The molecule has 136 valence electrons. The summed E-state index contributed by atoms with van der Waals surface area (Å²) in [6, 6.07) is 2.28. The van der Waals surface area contributed by atoms with Gasteiger partial charge >= 0.3 is 0 Å². The zero-order valence-corrected chi connectivity index (χ0v) is 14.6. The highest BCUT2D eigenvalue weighted by molar-refractivity contribution is 5.89. The predicted octanol–water partition coefficient (Wildman–Crippen LogP) is 0.478. The molecule has 1 aliphatic heterocycles. The van der Waals surface area contributed by atoms with Crippen LogP contribution in [0, 0.1) is 17.2 Å². The fraction of sp³-hybridized carbons (Fsp3) is 0.556. The molecule has 2 aromatic rings. The van der Waals surface area contributed by atoms with Crippen molar-refractivity contribution in [3.05, 3.63) is 22.2 Å². The summed E-state index contributed by atoms with van der Waals surface area (Å²) in [4.78, 5) is 30.4. The minimum absolute atomic E-state index is 0.0266. The lowest BCUT2D eigenvalue weighted by Crippen LogP contribution is -2.44. The number of nitrogens with one attached hydrogen (secondary N) is 1. The van der Waals surface area contributed by atoms with Crippen molar-refractivity contribution in [3.8, 4) is 6.07 Å². The van der Waals surface area contributed by atoms with Gasteiger partial charge in [0.1, 0.15) is 34.8 Å². The molecule has 2 aliphatic rings. The molecular weight excluding hydrogens is 332 g/mol. The van der Waals surface area contributed by atoms with E-state index in [-0.39, 0.29) is 12.1 Å². The summed E-state index contributed by atoms with van der Waals surface area (Å²) < 4.78 is 3.31. The van der Waals surface area contributed by atoms with Crippen LogP contribution in [0.1, 0.15) is 24.8 Å². The number of piperazine rings is 1. The molecule has 0 unspecified atom stereocenters. The van der Waals surface area contributed by atoms with E-state index in [0.29, 0.717) is 28.8 Å². The Balaban J connectivity index is 1.95. The van der Waals surface area contributed by atoms with Crippen molar-refractivity contribution in [2.45, 2.75) is 32.4 Å². The highest BCUT2D eigenvalue weighted by atomic mass is 16.1. The fourth-order valence-corrected chi connectivity index (χ4v) is 3.88. The first kappa shape index (κ1) is 16.8. The number of hydrogen-bond donors (Lipinski definition) is 1. The Kier molecular flexibility index (Phi) is 4.47. The maximum Gasteiger partial charge on any atom is 0.278 e. The van der Waals surface area contributed by atoms with E-state index in [4.69, 9.17) is 0 Å². The van der Waals surface area contributed by atoms with Gasteiger partial charge in [0, 0.05) is 32.7 Å². The molecule has 3 heterocycles. The first-order chi connectivity index (χ1) is 12.7. The molecule has 1 N–H and O–H groups in total. The average Bonchev–Trinajstić information content (AvgIpc) is 2.95. The second kappa shape index (κ2) is 6.92. The second-order valence-corrected chi connectivity index (χ2v) is 7.02. The maximum atomic E-state index is 13.0. The normalized spacial score (nSPS) is 17.9. The van der Waals surface area contributed by atoms with Crippen LogP contribution in [0.15, 0.2) is 11.1 Å². The third-order valence-electron chi connectivity index (χ3n) is 5.47. The van der Waals surface area contributed by atoms with Crippen molar-refractivity contribution in [1.82, 2.24) is 19.4 Å². The largest absolute Gasteiger partial charge is 0.354 e. The first-order valence-electron chi connectivity index (χ1n) is 9.15. The number of carbonyl (C=O) groups is 1. The third kappa shape index (κ3) is 2.69. The van der Waals surface area contributed by atoms with Gasteiger partial charge in [-0.15, -0.1) is 0 Å². The summed E-state index contributed by atoms with van der Waals surface area (Å²) in [6.07, 6.45) is 5.56. The summed E-state index contributed by atoms with van der Waals surface area (Å²) in [6.45, 7) is 3.97. The smallest absolute Gasteiger partial charge is 0.278 e. The molecule has 1 aliphatic carbocycles. The van der Waals surface area contributed by atoms with Crippen LogP contribution in [0.2, 0.25) is 0 Å². The maximum absolute atomic E-state index is 13.0. The fourth-order valence-electron chi connectivity index (χ4n) is 3.88. The quantitative estimate of drug-likeness (QED) is 0.785. The number of rotatable bonds is 5. The molecule has 0 aromatic carbocycles. The van der Waals surface area contributed by atoms with Crippen LogP contribution >= 0.6 is 0 Å². The number of carbonyl (C=O) groups excluding carboxylic acids is 1. The third-order valence-corrected chi connectivity index (χ3v) is 5.47. The number of fused-ring (bicyclic) bond motifs is 1. The first-order valence-corrected chi connectivity index (χ1v) is 9.15. The molecular formula is C18H22N6O2. The van der Waals surface area contributed by atoms with Gasteiger partial charge in [-0.05, 0) is 18.8 Å². The number of nitriles is 1. The van der Waals surface area contributed by atoms with Crippen molar-refractivity contribution in [2.24, 2.45) is 5.92 Å². The molecule has 0 spiro atoms. The Bertz CT molecular complexity index is 928. The summed E-state index contributed by atoms with van der Waals surface area (Å²) in [5.74, 6) is 1.34. The van der Waals surface area contributed by atoms with E-state index in [1.54, 1.807) is 0 Å². The summed E-state index contributed by atoms with van der Waals surface area (Å²) in [5.41, 5.74) is 1.12. The van der Waals surface area contributed by atoms with Gasteiger partial charge in [0.15, 0.2) is 0 Å². The second-order valence-electron chi connectivity index (χ2n) is 7.02. The van der Waals surface area contributed by atoms with E-state index in [1.165, 1.54) is 17.3 Å². The summed E-state index contributed by atoms with van der Waals surface area (Å²) in [5, 5.41) is 13.1. The Morgan fingerprint density at radius 1 is 1.35 bits per heavy atom. The molecule has 0 amide bonds. The van der Waals surface area contributed by atoms with Gasteiger partial charge in [0.25, 0.3) is 5.56 Å². The number of aromatic nitrogens is 3. The molecule has 0 bridgehead atoms.